The van der Waals surface area contributed by atoms with Gasteiger partial charge in [0.2, 0.25) is 0 Å². The number of hydrogen-bond donors (Lipinski definition) is 1. The molecule has 1 N–H and O–H groups in total. The van der Waals surface area contributed by atoms with E-state index in [1.165, 1.54) is 5.69 Å². The summed E-state index contributed by atoms with van der Waals surface area (Å²) in [6.45, 7) is 12.3. The molecule has 0 heterocycles. The molecule has 2 heteroatoms. The first-order valence-electron chi connectivity index (χ1n) is 6.87. The summed E-state index contributed by atoms with van der Waals surface area (Å²) in [5.74, 6) is 0.715. The van der Waals surface area contributed by atoms with E-state index in [1.807, 2.05) is 0 Å². The lowest BCUT2D eigenvalue weighted by Crippen LogP contribution is -2.40. The van der Waals surface area contributed by atoms with E-state index in [-0.39, 0.29) is 5.41 Å². The monoisotopic (exact) mass is 248 g/mol. The van der Waals surface area contributed by atoms with Crippen molar-refractivity contribution in [2.75, 3.05) is 31.6 Å². The zero-order chi connectivity index (χ0) is 13.6. The van der Waals surface area contributed by atoms with E-state index in [1.54, 1.807) is 0 Å². The fourth-order valence-electron chi connectivity index (χ4n) is 2.17. The average Bonchev–Trinajstić information content (AvgIpc) is 2.28. The summed E-state index contributed by atoms with van der Waals surface area (Å²) in [4.78, 5) is 2.33. The van der Waals surface area contributed by atoms with Crippen LogP contribution in [0.3, 0.4) is 0 Å². The van der Waals surface area contributed by atoms with Gasteiger partial charge in [0.15, 0.2) is 0 Å². The predicted molar refractivity (Wildman–Crippen MR) is 81.2 cm³/mol. The van der Waals surface area contributed by atoms with Crippen LogP contribution in [0, 0.1) is 11.3 Å². The van der Waals surface area contributed by atoms with Crippen LogP contribution in [-0.2, 0) is 0 Å². The van der Waals surface area contributed by atoms with Crippen LogP contribution in [0.2, 0.25) is 0 Å². The second-order valence-corrected chi connectivity index (χ2v) is 6.38. The molecule has 0 spiro atoms. The molecule has 0 aliphatic heterocycles. The molecule has 0 radical (unpaired) electrons. The van der Waals surface area contributed by atoms with Gasteiger partial charge in [-0.15, -0.1) is 0 Å². The first-order chi connectivity index (χ1) is 8.41. The molecule has 2 nitrogen and oxygen atoms in total. The first kappa shape index (κ1) is 15.0. The minimum Gasteiger partial charge on any atom is -0.374 e. The molecular weight excluding hydrogens is 220 g/mol. The maximum absolute atomic E-state index is 3.56. The SMILES string of the molecule is CC(C)CNCC(C)(C)CN(C)c1ccccc1. The molecule has 1 rings (SSSR count). The number of nitrogens with zero attached hydrogens (tertiary/aromatic N) is 1. The van der Waals surface area contributed by atoms with E-state index in [0.29, 0.717) is 5.92 Å². The van der Waals surface area contributed by atoms with Crippen LogP contribution < -0.4 is 10.2 Å². The van der Waals surface area contributed by atoms with Crippen LogP contribution in [0.25, 0.3) is 0 Å². The summed E-state index contributed by atoms with van der Waals surface area (Å²) in [5.41, 5.74) is 1.56. The summed E-state index contributed by atoms with van der Waals surface area (Å²) in [5, 5.41) is 3.56. The normalized spacial score (nSPS) is 11.9. The largest absolute Gasteiger partial charge is 0.374 e. The molecule has 0 saturated heterocycles. The van der Waals surface area contributed by atoms with Crippen molar-refractivity contribution >= 4 is 5.69 Å². The predicted octanol–water partition coefficient (Wildman–Crippen LogP) is 3.39. The summed E-state index contributed by atoms with van der Waals surface area (Å²) in [6.07, 6.45) is 0. The zero-order valence-electron chi connectivity index (χ0n) is 12.5. The number of benzene rings is 1. The Morgan fingerprint density at radius 1 is 1.17 bits per heavy atom. The third-order valence-electron chi connectivity index (χ3n) is 3.02. The van der Waals surface area contributed by atoms with Gasteiger partial charge in [-0.3, -0.25) is 0 Å². The van der Waals surface area contributed by atoms with E-state index in [0.717, 1.165) is 19.6 Å². The van der Waals surface area contributed by atoms with Gasteiger partial charge in [-0.25, -0.2) is 0 Å². The quantitative estimate of drug-likeness (QED) is 0.795. The van der Waals surface area contributed by atoms with Crippen LogP contribution in [0.5, 0.6) is 0 Å². The van der Waals surface area contributed by atoms with Gasteiger partial charge < -0.3 is 10.2 Å². The standard InChI is InChI=1S/C16H28N2/c1-14(2)11-17-12-16(3,4)13-18(5)15-9-7-6-8-10-15/h6-10,14,17H,11-13H2,1-5H3. The van der Waals surface area contributed by atoms with E-state index in [4.69, 9.17) is 0 Å². The fraction of sp³-hybridized carbons (Fsp3) is 0.625. The second-order valence-electron chi connectivity index (χ2n) is 6.38. The Kier molecular flexibility index (Phi) is 5.67. The molecular formula is C16H28N2. The minimum absolute atomic E-state index is 0.277. The van der Waals surface area contributed by atoms with Gasteiger partial charge in [0.25, 0.3) is 0 Å². The third kappa shape index (κ3) is 5.54. The number of anilines is 1. The van der Waals surface area contributed by atoms with E-state index in [9.17, 15) is 0 Å². The lowest BCUT2D eigenvalue weighted by molar-refractivity contribution is 0.338. The molecule has 18 heavy (non-hydrogen) atoms. The smallest absolute Gasteiger partial charge is 0.0363 e. The van der Waals surface area contributed by atoms with Gasteiger partial charge in [-0.1, -0.05) is 45.9 Å². The summed E-state index contributed by atoms with van der Waals surface area (Å²) in [6, 6.07) is 10.6. The van der Waals surface area contributed by atoms with Crippen molar-refractivity contribution in [3.63, 3.8) is 0 Å². The van der Waals surface area contributed by atoms with Crippen LogP contribution in [0.4, 0.5) is 5.69 Å². The van der Waals surface area contributed by atoms with Crippen molar-refractivity contribution in [3.05, 3.63) is 30.3 Å². The highest BCUT2D eigenvalue weighted by Crippen LogP contribution is 2.20. The molecule has 0 aromatic heterocycles. The fourth-order valence-corrected chi connectivity index (χ4v) is 2.17. The molecule has 1 aromatic rings. The van der Waals surface area contributed by atoms with Crippen molar-refractivity contribution in [2.45, 2.75) is 27.7 Å². The zero-order valence-corrected chi connectivity index (χ0v) is 12.5. The third-order valence-corrected chi connectivity index (χ3v) is 3.02. The Morgan fingerprint density at radius 3 is 2.33 bits per heavy atom. The van der Waals surface area contributed by atoms with Crippen molar-refractivity contribution in [1.82, 2.24) is 5.32 Å². The van der Waals surface area contributed by atoms with E-state index < -0.39 is 0 Å². The number of hydrogen-bond acceptors (Lipinski definition) is 2. The van der Waals surface area contributed by atoms with Crippen molar-refractivity contribution in [1.29, 1.82) is 0 Å². The van der Waals surface area contributed by atoms with E-state index in [2.05, 4.69) is 75.3 Å². The number of para-hydroxylation sites is 1. The maximum atomic E-state index is 3.56. The Hall–Kier alpha value is -1.02. The lowest BCUT2D eigenvalue weighted by atomic mass is 9.92. The second kappa shape index (κ2) is 6.79. The molecule has 0 fully saturated rings. The Balaban J connectivity index is 2.44. The van der Waals surface area contributed by atoms with Gasteiger partial charge in [0.1, 0.15) is 0 Å². The molecule has 102 valence electrons. The highest BCUT2D eigenvalue weighted by Gasteiger charge is 2.20. The Morgan fingerprint density at radius 2 is 1.78 bits per heavy atom. The van der Waals surface area contributed by atoms with Gasteiger partial charge >= 0.3 is 0 Å². The topological polar surface area (TPSA) is 15.3 Å². The van der Waals surface area contributed by atoms with Crippen LogP contribution >= 0.6 is 0 Å². The van der Waals surface area contributed by atoms with Crippen molar-refractivity contribution < 1.29 is 0 Å². The molecule has 0 amide bonds. The Bertz CT molecular complexity index is 330. The summed E-state index contributed by atoms with van der Waals surface area (Å²) in [7, 11) is 2.17. The number of nitrogens with one attached hydrogen (secondary N) is 1. The number of rotatable bonds is 7. The van der Waals surface area contributed by atoms with Crippen LogP contribution in [-0.4, -0.2) is 26.7 Å². The first-order valence-corrected chi connectivity index (χ1v) is 6.87. The van der Waals surface area contributed by atoms with Gasteiger partial charge in [-0.2, -0.15) is 0 Å². The lowest BCUT2D eigenvalue weighted by Gasteiger charge is -2.32. The summed E-state index contributed by atoms with van der Waals surface area (Å²) >= 11 is 0. The molecule has 0 aliphatic rings. The Labute approximate surface area is 112 Å². The molecule has 1 aromatic carbocycles. The van der Waals surface area contributed by atoms with Crippen LogP contribution in [0.1, 0.15) is 27.7 Å². The molecule has 0 unspecified atom stereocenters. The van der Waals surface area contributed by atoms with E-state index >= 15 is 0 Å². The summed E-state index contributed by atoms with van der Waals surface area (Å²) < 4.78 is 0. The molecule has 0 aliphatic carbocycles. The van der Waals surface area contributed by atoms with Gasteiger partial charge in [-0.05, 0) is 30.0 Å². The van der Waals surface area contributed by atoms with Crippen molar-refractivity contribution in [2.24, 2.45) is 11.3 Å². The van der Waals surface area contributed by atoms with Crippen LogP contribution in [0.15, 0.2) is 30.3 Å². The molecule has 0 atom stereocenters. The maximum Gasteiger partial charge on any atom is 0.0363 e. The average molecular weight is 248 g/mol. The highest BCUT2D eigenvalue weighted by atomic mass is 15.1. The van der Waals surface area contributed by atoms with Gasteiger partial charge in [0.05, 0.1) is 0 Å². The molecule has 0 bridgehead atoms. The highest BCUT2D eigenvalue weighted by molar-refractivity contribution is 5.45. The minimum atomic E-state index is 0.277. The van der Waals surface area contributed by atoms with Gasteiger partial charge in [0, 0.05) is 25.8 Å². The molecule has 0 saturated carbocycles. The van der Waals surface area contributed by atoms with Crippen molar-refractivity contribution in [3.8, 4) is 0 Å².